The number of carboxylic acid groups (broad SMARTS) is 2. The maximum absolute atomic E-state index is 10.5. The summed E-state index contributed by atoms with van der Waals surface area (Å²) in [5.74, 6) is -1.20. The molecule has 0 saturated heterocycles. The summed E-state index contributed by atoms with van der Waals surface area (Å²) in [6, 6.07) is 0. The molecule has 0 rings (SSSR count). The van der Waals surface area contributed by atoms with E-state index in [4.69, 9.17) is 15.9 Å². The van der Waals surface area contributed by atoms with E-state index in [1.165, 1.54) is 141 Å². The van der Waals surface area contributed by atoms with Crippen LogP contribution in [0.5, 0.6) is 0 Å². The summed E-state index contributed by atoms with van der Waals surface area (Å²) in [6.07, 6.45) is 32.8. The third-order valence-corrected chi connectivity index (χ3v) is 6.69. The summed E-state index contributed by atoms with van der Waals surface area (Å²) in [5.41, 5.74) is 5.42. The highest BCUT2D eigenvalue weighted by molar-refractivity contribution is 5.79. The molecule has 38 heavy (non-hydrogen) atoms. The van der Waals surface area contributed by atoms with Crippen molar-refractivity contribution in [1.29, 1.82) is 0 Å². The molecule has 0 amide bonds. The van der Waals surface area contributed by atoms with Crippen molar-refractivity contribution in [1.82, 2.24) is 0 Å². The van der Waals surface area contributed by atoms with Gasteiger partial charge >= 0.3 is 11.9 Å². The zero-order valence-electron chi connectivity index (χ0n) is 26.0. The number of unbranched alkanes of at least 4 members (excludes halogenated alkanes) is 19. The number of hydrogen-bond acceptors (Lipinski definition) is 3. The van der Waals surface area contributed by atoms with Crippen molar-refractivity contribution in [3.8, 4) is 0 Å². The smallest absolute Gasteiger partial charge is 0.327 e. The van der Waals surface area contributed by atoms with E-state index in [0.29, 0.717) is 12.3 Å². The second-order valence-electron chi connectivity index (χ2n) is 10.8. The molecular weight excluding hydrogens is 474 g/mol. The van der Waals surface area contributed by atoms with E-state index >= 15 is 0 Å². The molecule has 0 aliphatic heterocycles. The van der Waals surface area contributed by atoms with Crippen LogP contribution in [0, 0.1) is 5.92 Å². The third-order valence-electron chi connectivity index (χ3n) is 6.69. The highest BCUT2D eigenvalue weighted by Crippen LogP contribution is 2.16. The first-order valence-corrected chi connectivity index (χ1v) is 16.1. The molecule has 5 heteroatoms. The van der Waals surface area contributed by atoms with E-state index in [1.807, 2.05) is 6.92 Å². The zero-order valence-corrected chi connectivity index (χ0v) is 26.0. The topological polar surface area (TPSA) is 101 Å². The number of hydrogen-bond donors (Lipinski definition) is 3. The van der Waals surface area contributed by atoms with Gasteiger partial charge in [-0.3, -0.25) is 4.79 Å². The fourth-order valence-electron chi connectivity index (χ4n) is 4.33. The van der Waals surface area contributed by atoms with Crippen molar-refractivity contribution in [3.63, 3.8) is 0 Å². The van der Waals surface area contributed by atoms with Gasteiger partial charge in [0.2, 0.25) is 0 Å². The van der Waals surface area contributed by atoms with Crippen molar-refractivity contribution < 1.29 is 19.8 Å². The van der Waals surface area contributed by atoms with Gasteiger partial charge in [0.05, 0.1) is 0 Å². The summed E-state index contributed by atoms with van der Waals surface area (Å²) in [7, 11) is 0. The van der Waals surface area contributed by atoms with E-state index < -0.39 is 11.9 Å². The Kier molecular flexibility index (Phi) is 40.9. The average Bonchev–Trinajstić information content (AvgIpc) is 2.86. The Bertz CT molecular complexity index is 483. The minimum absolute atomic E-state index is 0.331. The van der Waals surface area contributed by atoms with Gasteiger partial charge in [-0.05, 0) is 25.8 Å². The van der Waals surface area contributed by atoms with Crippen LogP contribution in [0.2, 0.25) is 0 Å². The Morgan fingerprint density at radius 3 is 1.24 bits per heavy atom. The van der Waals surface area contributed by atoms with Crippen LogP contribution >= 0.6 is 0 Å². The van der Waals surface area contributed by atoms with Gasteiger partial charge in [0.1, 0.15) is 0 Å². The van der Waals surface area contributed by atoms with Crippen molar-refractivity contribution in [3.05, 3.63) is 12.2 Å². The number of rotatable bonds is 25. The molecule has 228 valence electrons. The highest BCUT2D eigenvalue weighted by atomic mass is 16.4. The lowest BCUT2D eigenvalue weighted by atomic mass is 9.99. The van der Waals surface area contributed by atoms with E-state index in [2.05, 4.69) is 13.8 Å². The van der Waals surface area contributed by atoms with Crippen molar-refractivity contribution in [2.24, 2.45) is 11.7 Å². The molecule has 1 unspecified atom stereocenters. The Labute approximate surface area is 237 Å². The Balaban J connectivity index is -0.000000554. The maximum atomic E-state index is 10.5. The summed E-state index contributed by atoms with van der Waals surface area (Å²) >= 11 is 0. The second kappa shape index (κ2) is 37.8. The van der Waals surface area contributed by atoms with Crippen molar-refractivity contribution >= 4 is 11.9 Å². The standard InChI is InChI=1S/C17H34O2.C12H27N.C4H6O2/c1-3-4-5-6-7-8-9-10-11-12-13-14-16(2)15-17(18)19;1-2-3-4-5-6-7-8-9-10-11-12-13;1-2-3-4(5)6/h16H,3-15H2,1-2H3,(H,18,19);2-13H2,1H3;2-3H,1H3,(H,5,6)/b;;3-2+. The van der Waals surface area contributed by atoms with Gasteiger partial charge in [0.15, 0.2) is 0 Å². The molecule has 5 nitrogen and oxygen atoms in total. The van der Waals surface area contributed by atoms with Crippen LogP contribution in [0.1, 0.15) is 175 Å². The lowest BCUT2D eigenvalue weighted by Crippen LogP contribution is -2.03. The van der Waals surface area contributed by atoms with Crippen LogP contribution in [-0.2, 0) is 9.59 Å². The monoisotopic (exact) mass is 542 g/mol. The number of aliphatic carboxylic acids is 2. The van der Waals surface area contributed by atoms with Crippen LogP contribution < -0.4 is 5.73 Å². The molecule has 0 aromatic rings. The zero-order chi connectivity index (χ0) is 29.1. The molecule has 0 saturated carbocycles. The summed E-state index contributed by atoms with van der Waals surface area (Å²) in [6.45, 7) is 9.11. The van der Waals surface area contributed by atoms with Crippen LogP contribution in [0.3, 0.4) is 0 Å². The Morgan fingerprint density at radius 2 is 0.974 bits per heavy atom. The Morgan fingerprint density at radius 1 is 0.632 bits per heavy atom. The van der Waals surface area contributed by atoms with Crippen LogP contribution in [-0.4, -0.2) is 28.7 Å². The maximum Gasteiger partial charge on any atom is 0.327 e. The lowest BCUT2D eigenvalue weighted by molar-refractivity contribution is -0.138. The van der Waals surface area contributed by atoms with E-state index in [1.54, 1.807) is 6.92 Å². The lowest BCUT2D eigenvalue weighted by Gasteiger charge is -2.07. The molecule has 0 bridgehead atoms. The van der Waals surface area contributed by atoms with Gasteiger partial charge in [0.25, 0.3) is 0 Å². The quantitative estimate of drug-likeness (QED) is 0.0788. The number of carbonyl (C=O) groups is 2. The van der Waals surface area contributed by atoms with Gasteiger partial charge in [-0.15, -0.1) is 0 Å². The molecular formula is C33H67NO4. The molecule has 0 heterocycles. The second-order valence-corrected chi connectivity index (χ2v) is 10.8. The SMILES string of the molecule is C/C=C/C(=O)O.CCCCCCCCCCCCCC(C)CC(=O)O.CCCCCCCCCCCCN. The van der Waals surface area contributed by atoms with Crippen molar-refractivity contribution in [2.45, 2.75) is 175 Å². The minimum atomic E-state index is -0.891. The van der Waals surface area contributed by atoms with E-state index in [-0.39, 0.29) is 0 Å². The van der Waals surface area contributed by atoms with Crippen LogP contribution in [0.25, 0.3) is 0 Å². The van der Waals surface area contributed by atoms with Crippen LogP contribution in [0.15, 0.2) is 12.2 Å². The molecule has 0 fully saturated rings. The number of carboxylic acids is 2. The molecule has 0 aliphatic carbocycles. The average molecular weight is 542 g/mol. The predicted molar refractivity (Wildman–Crippen MR) is 166 cm³/mol. The van der Waals surface area contributed by atoms with Gasteiger partial charge in [0, 0.05) is 12.5 Å². The van der Waals surface area contributed by atoms with Crippen molar-refractivity contribution in [2.75, 3.05) is 6.54 Å². The van der Waals surface area contributed by atoms with Gasteiger partial charge in [-0.2, -0.15) is 0 Å². The van der Waals surface area contributed by atoms with Gasteiger partial charge < -0.3 is 15.9 Å². The predicted octanol–water partition coefficient (Wildman–Crippen LogP) is 10.3. The van der Waals surface area contributed by atoms with Gasteiger partial charge in [-0.1, -0.05) is 162 Å². The molecule has 1 atom stereocenters. The van der Waals surface area contributed by atoms with Gasteiger partial charge in [-0.25, -0.2) is 4.79 Å². The molecule has 0 aliphatic rings. The normalized spacial score (nSPS) is 11.4. The third kappa shape index (κ3) is 47.8. The summed E-state index contributed by atoms with van der Waals surface area (Å²) in [4.78, 5) is 20.0. The molecule has 0 aromatic heterocycles. The molecule has 0 radical (unpaired) electrons. The number of allylic oxidation sites excluding steroid dienone is 1. The summed E-state index contributed by atoms with van der Waals surface area (Å²) < 4.78 is 0. The first-order chi connectivity index (χ1) is 18.3. The van der Waals surface area contributed by atoms with E-state index in [9.17, 15) is 9.59 Å². The van der Waals surface area contributed by atoms with Crippen LogP contribution in [0.4, 0.5) is 0 Å². The largest absolute Gasteiger partial charge is 0.481 e. The number of nitrogens with two attached hydrogens (primary N) is 1. The first kappa shape index (κ1) is 41.1. The fourth-order valence-corrected chi connectivity index (χ4v) is 4.33. The fraction of sp³-hybridized carbons (Fsp3) is 0.879. The molecule has 4 N–H and O–H groups in total. The highest BCUT2D eigenvalue weighted by Gasteiger charge is 2.06. The minimum Gasteiger partial charge on any atom is -0.481 e. The van der Waals surface area contributed by atoms with E-state index in [0.717, 1.165) is 19.0 Å². The summed E-state index contributed by atoms with van der Waals surface area (Å²) in [5, 5.41) is 16.5. The Hall–Kier alpha value is -1.36. The molecule has 0 aromatic carbocycles. The first-order valence-electron chi connectivity index (χ1n) is 16.1. The molecule has 0 spiro atoms.